The summed E-state index contributed by atoms with van der Waals surface area (Å²) >= 11 is 1.62. The number of phenols is 1. The molecule has 1 amide bonds. The SMILES string of the molecule is CSc1ccc(/C=C/C(=O)Nc2cc(S(N)(=O)=O)ccc2O)cc1. The van der Waals surface area contributed by atoms with Crippen LogP contribution >= 0.6 is 11.8 Å². The van der Waals surface area contributed by atoms with Crippen LogP contribution in [0, 0.1) is 0 Å². The highest BCUT2D eigenvalue weighted by Gasteiger charge is 2.12. The first kappa shape index (κ1) is 18.1. The van der Waals surface area contributed by atoms with E-state index in [1.807, 2.05) is 30.5 Å². The van der Waals surface area contributed by atoms with Gasteiger partial charge < -0.3 is 10.4 Å². The summed E-state index contributed by atoms with van der Waals surface area (Å²) in [5.41, 5.74) is 0.805. The molecule has 0 saturated carbocycles. The van der Waals surface area contributed by atoms with Crippen molar-refractivity contribution in [3.63, 3.8) is 0 Å². The maximum Gasteiger partial charge on any atom is 0.248 e. The van der Waals surface area contributed by atoms with Crippen LogP contribution < -0.4 is 10.5 Å². The van der Waals surface area contributed by atoms with Gasteiger partial charge in [0.05, 0.1) is 10.6 Å². The number of nitrogens with one attached hydrogen (secondary N) is 1. The van der Waals surface area contributed by atoms with Crippen LogP contribution in [-0.2, 0) is 14.8 Å². The molecule has 0 aliphatic heterocycles. The standard InChI is InChI=1S/C16H16N2O4S2/c1-23-12-5-2-11(3-6-12)4-9-16(20)18-14-10-13(24(17,21)22)7-8-15(14)19/h2-10,19H,1H3,(H,18,20)(H2,17,21,22)/b9-4+. The third kappa shape index (κ3) is 4.85. The second-order valence-electron chi connectivity index (χ2n) is 4.82. The fraction of sp³-hybridized carbons (Fsp3) is 0.0625. The fourth-order valence-corrected chi connectivity index (χ4v) is 2.80. The highest BCUT2D eigenvalue weighted by Crippen LogP contribution is 2.26. The number of carbonyl (C=O) groups excluding carboxylic acids is 1. The maximum atomic E-state index is 11.9. The molecule has 6 nitrogen and oxygen atoms in total. The van der Waals surface area contributed by atoms with Crippen molar-refractivity contribution in [3.05, 3.63) is 54.1 Å². The summed E-state index contributed by atoms with van der Waals surface area (Å²) in [4.78, 5) is 12.8. The van der Waals surface area contributed by atoms with Gasteiger partial charge in [0.1, 0.15) is 5.75 Å². The molecule has 24 heavy (non-hydrogen) atoms. The Morgan fingerprint density at radius 3 is 2.46 bits per heavy atom. The van der Waals surface area contributed by atoms with E-state index in [2.05, 4.69) is 5.32 Å². The Morgan fingerprint density at radius 2 is 1.88 bits per heavy atom. The third-order valence-corrected chi connectivity index (χ3v) is 4.75. The van der Waals surface area contributed by atoms with Gasteiger partial charge in [0.15, 0.2) is 0 Å². The van der Waals surface area contributed by atoms with Crippen LogP contribution in [0.15, 0.2) is 58.3 Å². The Hall–Kier alpha value is -2.29. The highest BCUT2D eigenvalue weighted by molar-refractivity contribution is 7.98. The molecule has 0 heterocycles. The molecule has 8 heteroatoms. The second-order valence-corrected chi connectivity index (χ2v) is 7.26. The van der Waals surface area contributed by atoms with Crippen LogP contribution in [-0.4, -0.2) is 25.7 Å². The Kier molecular flexibility index (Phi) is 5.66. The summed E-state index contributed by atoms with van der Waals surface area (Å²) in [6.07, 6.45) is 4.87. The molecule has 0 atom stereocenters. The van der Waals surface area contributed by atoms with E-state index in [1.165, 1.54) is 6.08 Å². The van der Waals surface area contributed by atoms with E-state index in [1.54, 1.807) is 17.8 Å². The number of sulfonamides is 1. The molecule has 4 N–H and O–H groups in total. The molecule has 2 rings (SSSR count). The minimum atomic E-state index is -3.92. The lowest BCUT2D eigenvalue weighted by atomic mass is 10.2. The zero-order valence-electron chi connectivity index (χ0n) is 12.8. The highest BCUT2D eigenvalue weighted by atomic mass is 32.2. The minimum Gasteiger partial charge on any atom is -0.506 e. The van der Waals surface area contributed by atoms with Crippen molar-refractivity contribution in [2.75, 3.05) is 11.6 Å². The van der Waals surface area contributed by atoms with E-state index in [0.717, 1.165) is 28.7 Å². The van der Waals surface area contributed by atoms with Gasteiger partial charge >= 0.3 is 0 Å². The van der Waals surface area contributed by atoms with Crippen LogP contribution in [0.5, 0.6) is 5.75 Å². The fourth-order valence-electron chi connectivity index (χ4n) is 1.85. The van der Waals surface area contributed by atoms with Crippen molar-refractivity contribution in [1.82, 2.24) is 0 Å². The lowest BCUT2D eigenvalue weighted by Crippen LogP contribution is -2.13. The molecule has 0 aliphatic rings. The number of thioether (sulfide) groups is 1. The van der Waals surface area contributed by atoms with Crippen molar-refractivity contribution in [1.29, 1.82) is 0 Å². The van der Waals surface area contributed by atoms with Gasteiger partial charge in [-0.3, -0.25) is 4.79 Å². The predicted molar refractivity (Wildman–Crippen MR) is 95.4 cm³/mol. The number of carbonyl (C=O) groups is 1. The van der Waals surface area contributed by atoms with E-state index in [4.69, 9.17) is 5.14 Å². The second kappa shape index (κ2) is 7.52. The monoisotopic (exact) mass is 364 g/mol. The van der Waals surface area contributed by atoms with Crippen LogP contribution in [0.3, 0.4) is 0 Å². The minimum absolute atomic E-state index is 0.0334. The zero-order chi connectivity index (χ0) is 17.7. The number of anilines is 1. The molecule has 2 aromatic carbocycles. The molecule has 0 fully saturated rings. The van der Waals surface area contributed by atoms with Gasteiger partial charge in [-0.1, -0.05) is 12.1 Å². The number of phenolic OH excluding ortho intramolecular Hbond substituents is 1. The number of aromatic hydroxyl groups is 1. The average molecular weight is 364 g/mol. The van der Waals surface area contributed by atoms with Gasteiger partial charge in [-0.15, -0.1) is 11.8 Å². The number of nitrogens with two attached hydrogens (primary N) is 1. The molecular weight excluding hydrogens is 348 g/mol. The first-order valence-electron chi connectivity index (χ1n) is 6.78. The van der Waals surface area contributed by atoms with Crippen LogP contribution in [0.25, 0.3) is 6.08 Å². The van der Waals surface area contributed by atoms with E-state index in [9.17, 15) is 18.3 Å². The molecule has 0 aliphatic carbocycles. The zero-order valence-corrected chi connectivity index (χ0v) is 14.4. The molecule has 0 bridgehead atoms. The summed E-state index contributed by atoms with van der Waals surface area (Å²) < 4.78 is 22.6. The van der Waals surface area contributed by atoms with Crippen LogP contribution in [0.2, 0.25) is 0 Å². The average Bonchev–Trinajstić information content (AvgIpc) is 2.54. The Labute approximate surface area is 144 Å². The molecule has 0 unspecified atom stereocenters. The van der Waals surface area contributed by atoms with Crippen LogP contribution in [0.4, 0.5) is 5.69 Å². The van der Waals surface area contributed by atoms with Gasteiger partial charge in [0.25, 0.3) is 0 Å². The van der Waals surface area contributed by atoms with Gasteiger partial charge in [-0.25, -0.2) is 13.6 Å². The van der Waals surface area contributed by atoms with Gasteiger partial charge in [0, 0.05) is 11.0 Å². The molecule has 2 aromatic rings. The van der Waals surface area contributed by atoms with Crippen molar-refractivity contribution in [2.24, 2.45) is 5.14 Å². The summed E-state index contributed by atoms with van der Waals surface area (Å²) in [6, 6.07) is 11.0. The van der Waals surface area contributed by atoms with Crippen molar-refractivity contribution in [3.8, 4) is 5.75 Å². The summed E-state index contributed by atoms with van der Waals surface area (Å²) in [5, 5.41) is 17.2. The maximum absolute atomic E-state index is 11.9. The molecular formula is C16H16N2O4S2. The normalized spacial score (nSPS) is 11.6. The van der Waals surface area contributed by atoms with Gasteiger partial charge in [-0.05, 0) is 48.2 Å². The lowest BCUT2D eigenvalue weighted by Gasteiger charge is -2.07. The van der Waals surface area contributed by atoms with E-state index < -0.39 is 15.9 Å². The number of hydrogen-bond donors (Lipinski definition) is 3. The summed E-state index contributed by atoms with van der Waals surface area (Å²) in [6.45, 7) is 0. The van der Waals surface area contributed by atoms with Gasteiger partial charge in [-0.2, -0.15) is 0 Å². The first-order valence-corrected chi connectivity index (χ1v) is 9.55. The Morgan fingerprint density at radius 1 is 1.21 bits per heavy atom. The number of benzene rings is 2. The largest absolute Gasteiger partial charge is 0.506 e. The topological polar surface area (TPSA) is 109 Å². The number of primary sulfonamides is 1. The van der Waals surface area contributed by atoms with Crippen molar-refractivity contribution in [2.45, 2.75) is 9.79 Å². The summed E-state index contributed by atoms with van der Waals surface area (Å²) in [7, 11) is -3.92. The lowest BCUT2D eigenvalue weighted by molar-refractivity contribution is -0.111. The third-order valence-electron chi connectivity index (χ3n) is 3.10. The number of amides is 1. The first-order chi connectivity index (χ1) is 11.3. The number of rotatable bonds is 5. The Bertz CT molecular complexity index is 875. The molecule has 0 aromatic heterocycles. The smallest absolute Gasteiger partial charge is 0.248 e. The molecule has 0 saturated heterocycles. The van der Waals surface area contributed by atoms with Gasteiger partial charge in [0.2, 0.25) is 15.9 Å². The molecule has 0 spiro atoms. The van der Waals surface area contributed by atoms with E-state index in [0.29, 0.717) is 0 Å². The quantitative estimate of drug-likeness (QED) is 0.429. The molecule has 0 radical (unpaired) electrons. The number of hydrogen-bond acceptors (Lipinski definition) is 5. The van der Waals surface area contributed by atoms with Crippen molar-refractivity contribution >= 4 is 39.5 Å². The Balaban J connectivity index is 2.13. The van der Waals surface area contributed by atoms with Crippen LogP contribution in [0.1, 0.15) is 5.56 Å². The van der Waals surface area contributed by atoms with Crippen molar-refractivity contribution < 1.29 is 18.3 Å². The predicted octanol–water partition coefficient (Wildman–Crippen LogP) is 2.41. The van der Waals surface area contributed by atoms with E-state index in [-0.39, 0.29) is 16.3 Å². The molecule has 126 valence electrons. The van der Waals surface area contributed by atoms with E-state index >= 15 is 0 Å². The summed E-state index contributed by atoms with van der Waals surface area (Å²) in [5.74, 6) is -0.765.